The van der Waals surface area contributed by atoms with Crippen molar-refractivity contribution >= 4 is 12.1 Å². The van der Waals surface area contributed by atoms with E-state index in [0.29, 0.717) is 19.3 Å². The number of aliphatic carboxylic acids is 1. The molecule has 0 saturated heterocycles. The van der Waals surface area contributed by atoms with Gasteiger partial charge in [0.2, 0.25) is 0 Å². The van der Waals surface area contributed by atoms with Gasteiger partial charge in [-0.3, -0.25) is 4.39 Å². The lowest BCUT2D eigenvalue weighted by Crippen LogP contribution is -2.41. The van der Waals surface area contributed by atoms with Gasteiger partial charge in [-0.2, -0.15) is 0 Å². The average Bonchev–Trinajstić information content (AvgIpc) is 3.02. The first kappa shape index (κ1) is 19.9. The highest BCUT2D eigenvalue weighted by molar-refractivity contribution is 5.81. The second-order valence-corrected chi connectivity index (χ2v) is 6.90. The van der Waals surface area contributed by atoms with Gasteiger partial charge in [0.15, 0.2) is 0 Å². The van der Waals surface area contributed by atoms with Gasteiger partial charge in [0.25, 0.3) is 0 Å². The maximum absolute atomic E-state index is 12.2. The maximum atomic E-state index is 12.2. The number of benzene rings is 2. The fourth-order valence-corrected chi connectivity index (χ4v) is 3.66. The molecule has 0 fully saturated rings. The third kappa shape index (κ3) is 4.50. The SMILES string of the molecule is O=C(NC(CCCCCF)C(=O)O)OCC1c2ccccc2-c2ccccc21. The van der Waals surface area contributed by atoms with Crippen molar-refractivity contribution in [1.82, 2.24) is 5.32 Å². The Hall–Kier alpha value is -2.89. The maximum Gasteiger partial charge on any atom is 0.407 e. The van der Waals surface area contributed by atoms with Crippen molar-refractivity contribution in [2.45, 2.75) is 37.6 Å². The van der Waals surface area contributed by atoms with Gasteiger partial charge in [-0.05, 0) is 35.1 Å². The molecule has 148 valence electrons. The number of nitrogens with one attached hydrogen (secondary N) is 1. The predicted molar refractivity (Wildman–Crippen MR) is 104 cm³/mol. The van der Waals surface area contributed by atoms with Crippen LogP contribution in [0.2, 0.25) is 0 Å². The van der Waals surface area contributed by atoms with Crippen LogP contribution < -0.4 is 5.32 Å². The van der Waals surface area contributed by atoms with Crippen LogP contribution in [0.4, 0.5) is 9.18 Å². The third-order valence-corrected chi connectivity index (χ3v) is 5.06. The number of halogens is 1. The minimum atomic E-state index is -1.12. The highest BCUT2D eigenvalue weighted by Crippen LogP contribution is 2.44. The molecule has 1 atom stereocenters. The van der Waals surface area contributed by atoms with Crippen molar-refractivity contribution in [2.75, 3.05) is 13.3 Å². The van der Waals surface area contributed by atoms with Gasteiger partial charge >= 0.3 is 12.1 Å². The Morgan fingerprint density at radius 1 is 1.00 bits per heavy atom. The molecule has 1 amide bonds. The Bertz CT molecular complexity index is 793. The van der Waals surface area contributed by atoms with Crippen LogP contribution in [-0.2, 0) is 9.53 Å². The summed E-state index contributed by atoms with van der Waals surface area (Å²) in [5.41, 5.74) is 4.45. The van der Waals surface area contributed by atoms with E-state index in [0.717, 1.165) is 22.3 Å². The Morgan fingerprint density at radius 3 is 2.18 bits per heavy atom. The smallest absolute Gasteiger partial charge is 0.407 e. The highest BCUT2D eigenvalue weighted by atomic mass is 19.1. The van der Waals surface area contributed by atoms with E-state index in [1.165, 1.54) is 0 Å². The Labute approximate surface area is 163 Å². The average molecular weight is 385 g/mol. The summed E-state index contributed by atoms with van der Waals surface area (Å²) in [7, 11) is 0. The van der Waals surface area contributed by atoms with Crippen LogP contribution in [-0.4, -0.2) is 36.5 Å². The number of hydrogen-bond acceptors (Lipinski definition) is 3. The van der Waals surface area contributed by atoms with Crippen molar-refractivity contribution in [3.05, 3.63) is 59.7 Å². The molecule has 3 rings (SSSR count). The number of unbranched alkanes of at least 4 members (excludes halogenated alkanes) is 2. The fourth-order valence-electron chi connectivity index (χ4n) is 3.66. The molecule has 0 aliphatic heterocycles. The van der Waals surface area contributed by atoms with E-state index in [9.17, 15) is 19.1 Å². The Kier molecular flexibility index (Phi) is 6.63. The molecule has 0 bridgehead atoms. The largest absolute Gasteiger partial charge is 0.480 e. The summed E-state index contributed by atoms with van der Waals surface area (Å²) in [6.07, 6.45) is 1.02. The molecule has 5 nitrogen and oxygen atoms in total. The van der Waals surface area contributed by atoms with Crippen molar-refractivity contribution in [1.29, 1.82) is 0 Å². The van der Waals surface area contributed by atoms with Gasteiger partial charge in [-0.1, -0.05) is 61.4 Å². The zero-order valence-electron chi connectivity index (χ0n) is 15.6. The number of alkyl carbamates (subject to hydrolysis) is 1. The predicted octanol–water partition coefficient (Wildman–Crippen LogP) is 4.51. The molecular formula is C22H24FNO4. The normalized spacial score (nSPS) is 13.5. The van der Waals surface area contributed by atoms with E-state index in [-0.39, 0.29) is 18.9 Å². The lowest BCUT2D eigenvalue weighted by Gasteiger charge is -2.17. The van der Waals surface area contributed by atoms with Gasteiger partial charge in [-0.15, -0.1) is 0 Å². The Balaban J connectivity index is 1.60. The second kappa shape index (κ2) is 9.35. The number of carbonyl (C=O) groups excluding carboxylic acids is 1. The minimum absolute atomic E-state index is 0.0778. The molecule has 2 N–H and O–H groups in total. The molecule has 0 spiro atoms. The van der Waals surface area contributed by atoms with Crippen molar-refractivity contribution in [2.24, 2.45) is 0 Å². The summed E-state index contributed by atoms with van der Waals surface area (Å²) in [6.45, 7) is -0.286. The first-order valence-electron chi connectivity index (χ1n) is 9.52. The molecule has 1 aliphatic carbocycles. The quantitative estimate of drug-likeness (QED) is 0.623. The molecule has 0 aromatic heterocycles. The summed E-state index contributed by atoms with van der Waals surface area (Å²) < 4.78 is 17.5. The number of hydrogen-bond donors (Lipinski definition) is 2. The first-order valence-corrected chi connectivity index (χ1v) is 9.52. The molecule has 6 heteroatoms. The van der Waals surface area contributed by atoms with Crippen molar-refractivity contribution in [3.63, 3.8) is 0 Å². The van der Waals surface area contributed by atoms with Crippen LogP contribution in [0.3, 0.4) is 0 Å². The number of amides is 1. The van der Waals surface area contributed by atoms with E-state index >= 15 is 0 Å². The summed E-state index contributed by atoms with van der Waals surface area (Å²) >= 11 is 0. The van der Waals surface area contributed by atoms with Crippen LogP contribution in [0.25, 0.3) is 11.1 Å². The first-order chi connectivity index (χ1) is 13.6. The molecular weight excluding hydrogens is 361 g/mol. The van der Waals surface area contributed by atoms with E-state index in [4.69, 9.17) is 4.74 Å². The molecule has 1 aliphatic rings. The van der Waals surface area contributed by atoms with E-state index in [2.05, 4.69) is 5.32 Å². The van der Waals surface area contributed by atoms with E-state index in [1.54, 1.807) is 0 Å². The van der Waals surface area contributed by atoms with Crippen LogP contribution in [0.15, 0.2) is 48.5 Å². The number of ether oxygens (including phenoxy) is 1. The van der Waals surface area contributed by atoms with Crippen LogP contribution >= 0.6 is 0 Å². The van der Waals surface area contributed by atoms with E-state index in [1.807, 2.05) is 48.5 Å². The monoisotopic (exact) mass is 385 g/mol. The fraction of sp³-hybridized carbons (Fsp3) is 0.364. The zero-order valence-corrected chi connectivity index (χ0v) is 15.6. The standard InChI is InChI=1S/C22H24FNO4/c23-13-7-1-2-12-20(21(25)26)24-22(27)28-14-19-17-10-5-3-8-15(17)16-9-4-6-11-18(16)19/h3-6,8-11,19-20H,1-2,7,12-14H2,(H,24,27)(H,25,26). The second-order valence-electron chi connectivity index (χ2n) is 6.90. The summed E-state index contributed by atoms with van der Waals surface area (Å²) in [4.78, 5) is 23.5. The number of alkyl halides is 1. The lowest BCUT2D eigenvalue weighted by atomic mass is 9.98. The van der Waals surface area contributed by atoms with Gasteiger partial charge in [0.05, 0.1) is 6.67 Å². The molecule has 0 saturated carbocycles. The lowest BCUT2D eigenvalue weighted by molar-refractivity contribution is -0.139. The molecule has 1 unspecified atom stereocenters. The zero-order chi connectivity index (χ0) is 19.9. The number of carbonyl (C=O) groups is 2. The van der Waals surface area contributed by atoms with Gasteiger partial charge in [0, 0.05) is 5.92 Å². The summed E-state index contributed by atoms with van der Waals surface area (Å²) in [5, 5.41) is 11.7. The minimum Gasteiger partial charge on any atom is -0.480 e. The Morgan fingerprint density at radius 2 is 1.61 bits per heavy atom. The third-order valence-electron chi connectivity index (χ3n) is 5.06. The summed E-state index contributed by atoms with van der Waals surface area (Å²) in [6, 6.07) is 15.0. The topological polar surface area (TPSA) is 75.6 Å². The van der Waals surface area contributed by atoms with Gasteiger partial charge in [-0.25, -0.2) is 9.59 Å². The van der Waals surface area contributed by atoms with E-state index < -0.39 is 24.8 Å². The molecule has 0 radical (unpaired) electrons. The number of rotatable bonds is 9. The molecule has 28 heavy (non-hydrogen) atoms. The molecule has 2 aromatic rings. The van der Waals surface area contributed by atoms with Gasteiger partial charge < -0.3 is 15.2 Å². The van der Waals surface area contributed by atoms with Crippen molar-refractivity contribution in [3.8, 4) is 11.1 Å². The highest BCUT2D eigenvalue weighted by Gasteiger charge is 2.29. The number of carboxylic acid groups (broad SMARTS) is 1. The number of fused-ring (bicyclic) bond motifs is 3. The molecule has 2 aromatic carbocycles. The van der Waals surface area contributed by atoms with Crippen LogP contribution in [0.5, 0.6) is 0 Å². The molecule has 0 heterocycles. The van der Waals surface area contributed by atoms with Crippen LogP contribution in [0, 0.1) is 0 Å². The van der Waals surface area contributed by atoms with Gasteiger partial charge in [0.1, 0.15) is 12.6 Å². The number of carboxylic acids is 1. The van der Waals surface area contributed by atoms with Crippen molar-refractivity contribution < 1.29 is 23.8 Å². The summed E-state index contributed by atoms with van der Waals surface area (Å²) in [5.74, 6) is -1.19. The van der Waals surface area contributed by atoms with Crippen LogP contribution in [0.1, 0.15) is 42.7 Å².